The van der Waals surface area contributed by atoms with Crippen LogP contribution in [0.4, 0.5) is 8.78 Å². The van der Waals surface area contributed by atoms with Crippen LogP contribution in [0, 0.1) is 18.6 Å². The van der Waals surface area contributed by atoms with Crippen LogP contribution >= 0.6 is 27.5 Å². The third-order valence-corrected chi connectivity index (χ3v) is 6.71. The van der Waals surface area contributed by atoms with E-state index in [2.05, 4.69) is 21.0 Å². The number of nitrogens with zero attached hydrogens (tertiary/aromatic N) is 4. The van der Waals surface area contributed by atoms with Gasteiger partial charge in [0.05, 0.1) is 38.9 Å². The van der Waals surface area contributed by atoms with Crippen LogP contribution in [0.2, 0.25) is 5.02 Å². The second-order valence-electron chi connectivity index (χ2n) is 8.36. The average molecular weight is 559 g/mol. The molecule has 6 nitrogen and oxygen atoms in total. The van der Waals surface area contributed by atoms with Crippen molar-refractivity contribution in [2.24, 2.45) is 12.8 Å². The van der Waals surface area contributed by atoms with Crippen LogP contribution in [-0.4, -0.2) is 19.3 Å². The first-order chi connectivity index (χ1) is 16.6. The molecule has 10 heteroatoms. The standard InChI is InChI=1S/C25H19BrClF2N5O/c1-12-22-18(27)5-6-21(23(22)33(2)32-12)34-24(19(30)9-13-7-15(28)11-16(29)8-13)31-20-10-14(26)3-4-17(20)25(34)35/h3-8,10-11,19H,9,30H2,1-2H3/t19-/m0/s1. The summed E-state index contributed by atoms with van der Waals surface area (Å²) >= 11 is 9.88. The fraction of sp³-hybridized carbons (Fsp3) is 0.160. The third kappa shape index (κ3) is 4.13. The molecule has 0 aliphatic carbocycles. The third-order valence-electron chi connectivity index (χ3n) is 5.90. The number of hydrogen-bond donors (Lipinski definition) is 1. The molecule has 3 aromatic carbocycles. The fourth-order valence-corrected chi connectivity index (χ4v) is 5.10. The Hall–Kier alpha value is -3.14. The molecule has 0 aliphatic rings. The number of nitrogens with two attached hydrogens (primary N) is 1. The highest BCUT2D eigenvalue weighted by molar-refractivity contribution is 9.10. The van der Waals surface area contributed by atoms with Crippen LogP contribution in [-0.2, 0) is 13.5 Å². The largest absolute Gasteiger partial charge is 0.321 e. The van der Waals surface area contributed by atoms with Crippen molar-refractivity contribution in [3.8, 4) is 5.69 Å². The Labute approximate surface area is 212 Å². The molecular weight excluding hydrogens is 540 g/mol. The van der Waals surface area contributed by atoms with Gasteiger partial charge in [-0.05, 0) is 61.4 Å². The smallest absolute Gasteiger partial charge is 0.266 e. The molecule has 0 saturated carbocycles. The topological polar surface area (TPSA) is 78.7 Å². The Morgan fingerprint density at radius 3 is 2.54 bits per heavy atom. The van der Waals surface area contributed by atoms with Gasteiger partial charge in [0.1, 0.15) is 17.5 Å². The molecule has 178 valence electrons. The van der Waals surface area contributed by atoms with E-state index in [9.17, 15) is 13.6 Å². The number of fused-ring (bicyclic) bond motifs is 2. The Morgan fingerprint density at radius 2 is 1.83 bits per heavy atom. The van der Waals surface area contributed by atoms with Crippen LogP contribution in [0.3, 0.4) is 0 Å². The van der Waals surface area contributed by atoms with Crippen LogP contribution < -0.4 is 11.3 Å². The molecule has 0 fully saturated rings. The van der Waals surface area contributed by atoms with E-state index < -0.39 is 17.7 Å². The van der Waals surface area contributed by atoms with Gasteiger partial charge in [0.25, 0.3) is 5.56 Å². The molecule has 0 saturated heterocycles. The molecule has 5 rings (SSSR count). The summed E-state index contributed by atoms with van der Waals surface area (Å²) in [5.74, 6) is -1.16. The predicted molar refractivity (Wildman–Crippen MR) is 136 cm³/mol. The zero-order chi connectivity index (χ0) is 25.0. The van der Waals surface area contributed by atoms with Gasteiger partial charge >= 0.3 is 0 Å². The minimum absolute atomic E-state index is 0.0573. The molecule has 0 radical (unpaired) electrons. The van der Waals surface area contributed by atoms with Crippen molar-refractivity contribution in [2.45, 2.75) is 19.4 Å². The first-order valence-corrected chi connectivity index (χ1v) is 11.9. The number of hydrogen-bond acceptors (Lipinski definition) is 4. The van der Waals surface area contributed by atoms with Crippen molar-refractivity contribution < 1.29 is 8.78 Å². The monoisotopic (exact) mass is 557 g/mol. The Balaban J connectivity index is 1.81. The second-order valence-corrected chi connectivity index (χ2v) is 9.68. The van der Waals surface area contributed by atoms with Crippen LogP contribution in [0.15, 0.2) is 57.8 Å². The summed E-state index contributed by atoms with van der Waals surface area (Å²) in [6, 6.07) is 11.0. The van der Waals surface area contributed by atoms with Crippen molar-refractivity contribution in [1.29, 1.82) is 0 Å². The van der Waals surface area contributed by atoms with Crippen molar-refractivity contribution in [2.75, 3.05) is 0 Å². The van der Waals surface area contributed by atoms with E-state index in [0.717, 1.165) is 10.5 Å². The summed E-state index contributed by atoms with van der Waals surface area (Å²) in [7, 11) is 1.76. The summed E-state index contributed by atoms with van der Waals surface area (Å²) in [6.45, 7) is 1.84. The number of aromatic nitrogens is 4. The highest BCUT2D eigenvalue weighted by atomic mass is 79.9. The summed E-state index contributed by atoms with van der Waals surface area (Å²) in [5.41, 5.74) is 8.87. The highest BCUT2D eigenvalue weighted by Gasteiger charge is 2.23. The van der Waals surface area contributed by atoms with Crippen molar-refractivity contribution in [1.82, 2.24) is 19.3 Å². The zero-order valence-electron chi connectivity index (χ0n) is 18.7. The van der Waals surface area contributed by atoms with Crippen molar-refractivity contribution >= 4 is 49.3 Å². The second kappa shape index (κ2) is 8.82. The Morgan fingerprint density at radius 1 is 1.11 bits per heavy atom. The van der Waals surface area contributed by atoms with Gasteiger partial charge in [0.15, 0.2) is 0 Å². The summed E-state index contributed by atoms with van der Waals surface area (Å²) in [5, 5.41) is 6.08. The first-order valence-electron chi connectivity index (χ1n) is 10.7. The minimum Gasteiger partial charge on any atom is -0.321 e. The lowest BCUT2D eigenvalue weighted by Gasteiger charge is -2.20. The number of aryl methyl sites for hydroxylation is 2. The molecule has 5 aromatic rings. The number of halogens is 4. The maximum Gasteiger partial charge on any atom is 0.266 e. The lowest BCUT2D eigenvalue weighted by Crippen LogP contribution is -2.30. The summed E-state index contributed by atoms with van der Waals surface area (Å²) in [4.78, 5) is 18.6. The van der Waals surface area contributed by atoms with Gasteiger partial charge in [-0.1, -0.05) is 27.5 Å². The van der Waals surface area contributed by atoms with E-state index in [1.165, 1.54) is 16.7 Å². The van der Waals surface area contributed by atoms with E-state index >= 15 is 0 Å². The minimum atomic E-state index is -0.854. The fourth-order valence-electron chi connectivity index (χ4n) is 4.46. The Kier molecular flexibility index (Phi) is 5.94. The van der Waals surface area contributed by atoms with Gasteiger partial charge in [-0.25, -0.2) is 13.8 Å². The van der Waals surface area contributed by atoms with E-state index in [1.807, 2.05) is 6.92 Å². The van der Waals surface area contributed by atoms with Gasteiger partial charge < -0.3 is 5.73 Å². The maximum absolute atomic E-state index is 13.8. The van der Waals surface area contributed by atoms with Gasteiger partial charge in [-0.3, -0.25) is 14.0 Å². The molecule has 0 amide bonds. The van der Waals surface area contributed by atoms with Crippen LogP contribution in [0.25, 0.3) is 27.5 Å². The van der Waals surface area contributed by atoms with E-state index in [0.29, 0.717) is 43.8 Å². The van der Waals surface area contributed by atoms with Crippen molar-refractivity contribution in [3.63, 3.8) is 0 Å². The summed E-state index contributed by atoms with van der Waals surface area (Å²) in [6.07, 6.45) is 0.0573. The van der Waals surface area contributed by atoms with Gasteiger partial charge in [0, 0.05) is 23.0 Å². The molecular formula is C25H19BrClF2N5O. The van der Waals surface area contributed by atoms with Crippen LogP contribution in [0.5, 0.6) is 0 Å². The molecule has 2 heterocycles. The zero-order valence-corrected chi connectivity index (χ0v) is 21.0. The van der Waals surface area contributed by atoms with E-state index in [1.54, 1.807) is 42.1 Å². The predicted octanol–water partition coefficient (Wildman–Crippen LogP) is 5.52. The number of rotatable bonds is 4. The van der Waals surface area contributed by atoms with Crippen molar-refractivity contribution in [3.05, 3.63) is 97.1 Å². The molecule has 0 spiro atoms. The molecule has 35 heavy (non-hydrogen) atoms. The lowest BCUT2D eigenvalue weighted by molar-refractivity contribution is 0.572. The van der Waals surface area contributed by atoms with E-state index in [4.69, 9.17) is 22.3 Å². The number of benzene rings is 3. The van der Waals surface area contributed by atoms with Gasteiger partial charge in [-0.2, -0.15) is 5.10 Å². The van der Waals surface area contributed by atoms with E-state index in [-0.39, 0.29) is 17.8 Å². The lowest BCUT2D eigenvalue weighted by atomic mass is 10.0. The average Bonchev–Trinajstić information content (AvgIpc) is 3.08. The normalized spacial score (nSPS) is 12.5. The van der Waals surface area contributed by atoms with Gasteiger partial charge in [-0.15, -0.1) is 0 Å². The molecule has 0 bridgehead atoms. The first kappa shape index (κ1) is 23.6. The SMILES string of the molecule is Cc1nn(C)c2c(-n3c([C@@H](N)Cc4cc(F)cc(F)c4)nc4cc(Br)ccc4c3=O)ccc(Cl)c12. The quantitative estimate of drug-likeness (QED) is 0.315. The summed E-state index contributed by atoms with van der Waals surface area (Å²) < 4.78 is 31.5. The molecule has 0 unspecified atom stereocenters. The van der Waals surface area contributed by atoms with Gasteiger partial charge in [0.2, 0.25) is 0 Å². The molecule has 0 aliphatic heterocycles. The van der Waals surface area contributed by atoms with Crippen LogP contribution in [0.1, 0.15) is 23.1 Å². The molecule has 2 N–H and O–H groups in total. The Bertz CT molecular complexity index is 1680. The maximum atomic E-state index is 13.8. The molecule has 2 aromatic heterocycles. The molecule has 1 atom stereocenters. The highest BCUT2D eigenvalue weighted by Crippen LogP contribution is 2.32.